The van der Waals surface area contributed by atoms with Crippen molar-refractivity contribution in [2.24, 2.45) is 0 Å². The van der Waals surface area contributed by atoms with Crippen molar-refractivity contribution < 1.29 is 9.53 Å². The zero-order chi connectivity index (χ0) is 20.4. The Morgan fingerprint density at radius 3 is 2.72 bits per heavy atom. The van der Waals surface area contributed by atoms with Gasteiger partial charge in [0.2, 0.25) is 5.91 Å². The first-order valence-corrected chi connectivity index (χ1v) is 9.37. The molecule has 0 saturated carbocycles. The van der Waals surface area contributed by atoms with Gasteiger partial charge in [-0.2, -0.15) is 5.10 Å². The van der Waals surface area contributed by atoms with E-state index in [0.717, 1.165) is 39.2 Å². The van der Waals surface area contributed by atoms with Gasteiger partial charge in [-0.3, -0.25) is 9.78 Å². The average Bonchev–Trinajstić information content (AvgIpc) is 3.09. The molecule has 3 aromatic heterocycles. The largest absolute Gasteiger partial charge is 0.497 e. The second kappa shape index (κ2) is 7.75. The van der Waals surface area contributed by atoms with Crippen molar-refractivity contribution in [3.05, 3.63) is 77.7 Å². The number of hydrogen-bond acceptors (Lipinski definition) is 4. The van der Waals surface area contributed by atoms with Crippen LogP contribution in [0.5, 0.6) is 5.75 Å². The first-order chi connectivity index (χ1) is 14.0. The molecule has 6 heteroatoms. The Kier molecular flexibility index (Phi) is 4.99. The molecule has 0 atom stereocenters. The molecule has 1 aromatic carbocycles. The Hall–Kier alpha value is -3.67. The summed E-state index contributed by atoms with van der Waals surface area (Å²) in [6.07, 6.45) is 3.90. The maximum atomic E-state index is 12.5. The highest BCUT2D eigenvalue weighted by molar-refractivity contribution is 5.92. The van der Waals surface area contributed by atoms with E-state index in [1.807, 2.05) is 43.5 Å². The molecule has 0 unspecified atom stereocenters. The number of methoxy groups -OCH3 is 1. The van der Waals surface area contributed by atoms with E-state index in [1.54, 1.807) is 17.8 Å². The van der Waals surface area contributed by atoms with Crippen molar-refractivity contribution in [3.63, 3.8) is 0 Å². The van der Waals surface area contributed by atoms with Crippen LogP contribution in [0.15, 0.2) is 60.9 Å². The molecule has 0 spiro atoms. The van der Waals surface area contributed by atoms with Gasteiger partial charge in [-0.15, -0.1) is 0 Å². The molecule has 4 aromatic rings. The maximum absolute atomic E-state index is 12.5. The normalized spacial score (nSPS) is 10.9. The molecular formula is C23H22N4O2. The van der Waals surface area contributed by atoms with E-state index in [-0.39, 0.29) is 12.3 Å². The molecule has 29 heavy (non-hydrogen) atoms. The highest BCUT2D eigenvalue weighted by Gasteiger charge is 2.10. The van der Waals surface area contributed by atoms with Crippen LogP contribution in [-0.4, -0.2) is 27.6 Å². The molecule has 0 aliphatic rings. The summed E-state index contributed by atoms with van der Waals surface area (Å²) < 4.78 is 6.92. The van der Waals surface area contributed by atoms with Gasteiger partial charge in [0.15, 0.2) is 5.82 Å². The summed E-state index contributed by atoms with van der Waals surface area (Å²) >= 11 is 0. The Morgan fingerprint density at radius 2 is 1.97 bits per heavy atom. The first kappa shape index (κ1) is 18.7. The molecule has 0 aliphatic heterocycles. The van der Waals surface area contributed by atoms with Crippen LogP contribution in [0.1, 0.15) is 16.8 Å². The number of aryl methyl sites for hydroxylation is 2. The van der Waals surface area contributed by atoms with E-state index in [0.29, 0.717) is 5.82 Å². The van der Waals surface area contributed by atoms with Crippen molar-refractivity contribution in [2.75, 3.05) is 12.4 Å². The second-order valence-corrected chi connectivity index (χ2v) is 7.03. The van der Waals surface area contributed by atoms with E-state index in [1.165, 1.54) is 0 Å². The zero-order valence-corrected chi connectivity index (χ0v) is 16.6. The van der Waals surface area contributed by atoms with Crippen LogP contribution in [0.25, 0.3) is 16.6 Å². The quantitative estimate of drug-likeness (QED) is 0.558. The SMILES string of the molecule is COc1ccn2nc(NC(=O)Cc3ccc(-c4ccnc(C)c4)c(C)c3)cc2c1. The van der Waals surface area contributed by atoms with E-state index < -0.39 is 0 Å². The number of aromatic nitrogens is 3. The van der Waals surface area contributed by atoms with Gasteiger partial charge in [-0.1, -0.05) is 18.2 Å². The molecule has 0 saturated heterocycles. The summed E-state index contributed by atoms with van der Waals surface area (Å²) in [7, 11) is 1.62. The highest BCUT2D eigenvalue weighted by Crippen LogP contribution is 2.25. The fourth-order valence-corrected chi connectivity index (χ4v) is 3.41. The first-order valence-electron chi connectivity index (χ1n) is 9.37. The standard InChI is InChI=1S/C23H22N4O2/c1-15-10-17(4-5-21(15)18-6-8-24-16(2)11-18)12-23(28)25-22-14-19-13-20(29-3)7-9-27(19)26-22/h4-11,13-14H,12H2,1-3H3,(H,25,26,28). The minimum atomic E-state index is -0.104. The van der Waals surface area contributed by atoms with Crippen molar-refractivity contribution in [3.8, 4) is 16.9 Å². The summed E-state index contributed by atoms with van der Waals surface area (Å²) in [4.78, 5) is 16.7. The van der Waals surface area contributed by atoms with Crippen molar-refractivity contribution >= 4 is 17.2 Å². The van der Waals surface area contributed by atoms with Crippen LogP contribution < -0.4 is 10.1 Å². The topological polar surface area (TPSA) is 68.5 Å². The average molecular weight is 386 g/mol. The molecule has 0 bridgehead atoms. The number of benzene rings is 1. The minimum Gasteiger partial charge on any atom is -0.497 e. The predicted molar refractivity (Wildman–Crippen MR) is 113 cm³/mol. The lowest BCUT2D eigenvalue weighted by atomic mass is 9.97. The number of anilines is 1. The van der Waals surface area contributed by atoms with E-state index in [2.05, 4.69) is 40.5 Å². The molecule has 146 valence electrons. The molecular weight excluding hydrogens is 364 g/mol. The maximum Gasteiger partial charge on any atom is 0.229 e. The number of pyridine rings is 2. The van der Waals surface area contributed by atoms with Crippen molar-refractivity contribution in [1.82, 2.24) is 14.6 Å². The summed E-state index contributed by atoms with van der Waals surface area (Å²) in [5.41, 5.74) is 6.20. The fraction of sp³-hybridized carbons (Fsp3) is 0.174. The number of ether oxygens (including phenoxy) is 1. The Balaban J connectivity index is 1.48. The number of nitrogens with zero attached hydrogens (tertiary/aromatic N) is 3. The third kappa shape index (κ3) is 4.11. The van der Waals surface area contributed by atoms with Crippen LogP contribution in [0.2, 0.25) is 0 Å². The minimum absolute atomic E-state index is 0.104. The van der Waals surface area contributed by atoms with Gasteiger partial charge in [0.1, 0.15) is 5.75 Å². The van der Waals surface area contributed by atoms with Crippen molar-refractivity contribution in [1.29, 1.82) is 0 Å². The summed E-state index contributed by atoms with van der Waals surface area (Å²) in [6, 6.07) is 15.7. The van der Waals surface area contributed by atoms with Gasteiger partial charge in [-0.05, 0) is 54.3 Å². The monoisotopic (exact) mass is 386 g/mol. The van der Waals surface area contributed by atoms with Gasteiger partial charge in [0.25, 0.3) is 0 Å². The molecule has 6 nitrogen and oxygen atoms in total. The zero-order valence-electron chi connectivity index (χ0n) is 16.6. The smallest absolute Gasteiger partial charge is 0.229 e. The molecule has 3 heterocycles. The Bertz CT molecular complexity index is 1200. The lowest BCUT2D eigenvalue weighted by Gasteiger charge is -2.09. The van der Waals surface area contributed by atoms with Crippen LogP contribution in [-0.2, 0) is 11.2 Å². The van der Waals surface area contributed by atoms with E-state index in [4.69, 9.17) is 4.74 Å². The number of carbonyl (C=O) groups is 1. The van der Waals surface area contributed by atoms with Crippen LogP contribution in [0.3, 0.4) is 0 Å². The van der Waals surface area contributed by atoms with E-state index in [9.17, 15) is 4.79 Å². The Morgan fingerprint density at radius 1 is 1.10 bits per heavy atom. The van der Waals surface area contributed by atoms with E-state index >= 15 is 0 Å². The number of hydrogen-bond donors (Lipinski definition) is 1. The number of fused-ring (bicyclic) bond motifs is 1. The molecule has 0 radical (unpaired) electrons. The lowest BCUT2D eigenvalue weighted by Crippen LogP contribution is -2.14. The predicted octanol–water partition coefficient (Wildman–Crippen LogP) is 4.20. The van der Waals surface area contributed by atoms with Crippen LogP contribution in [0.4, 0.5) is 5.82 Å². The molecule has 1 amide bonds. The van der Waals surface area contributed by atoms with Crippen LogP contribution in [0, 0.1) is 13.8 Å². The third-order valence-electron chi connectivity index (χ3n) is 4.80. The molecule has 4 rings (SSSR count). The number of rotatable bonds is 5. The van der Waals surface area contributed by atoms with Crippen LogP contribution >= 0.6 is 0 Å². The molecule has 0 fully saturated rings. The van der Waals surface area contributed by atoms with Gasteiger partial charge in [0, 0.05) is 30.2 Å². The summed E-state index contributed by atoms with van der Waals surface area (Å²) in [6.45, 7) is 4.04. The number of carbonyl (C=O) groups excluding carboxylic acids is 1. The van der Waals surface area contributed by atoms with Gasteiger partial charge in [-0.25, -0.2) is 4.52 Å². The second-order valence-electron chi connectivity index (χ2n) is 7.03. The summed E-state index contributed by atoms with van der Waals surface area (Å²) in [5.74, 6) is 1.16. The highest BCUT2D eigenvalue weighted by atomic mass is 16.5. The Labute approximate surface area is 169 Å². The third-order valence-corrected chi connectivity index (χ3v) is 4.80. The molecule has 0 aliphatic carbocycles. The van der Waals surface area contributed by atoms with Gasteiger partial charge < -0.3 is 10.1 Å². The lowest BCUT2D eigenvalue weighted by molar-refractivity contribution is -0.115. The number of nitrogens with one attached hydrogen (secondary N) is 1. The van der Waals surface area contributed by atoms with Crippen molar-refractivity contribution in [2.45, 2.75) is 20.3 Å². The van der Waals surface area contributed by atoms with Gasteiger partial charge in [0.05, 0.1) is 19.0 Å². The fourth-order valence-electron chi connectivity index (χ4n) is 3.41. The molecule has 1 N–H and O–H groups in total. The number of amides is 1. The van der Waals surface area contributed by atoms with Gasteiger partial charge >= 0.3 is 0 Å². The summed E-state index contributed by atoms with van der Waals surface area (Å²) in [5, 5.41) is 7.24.